The summed E-state index contributed by atoms with van der Waals surface area (Å²) in [4.78, 5) is 25.2. The van der Waals surface area contributed by atoms with E-state index in [0.717, 1.165) is 32.7 Å². The summed E-state index contributed by atoms with van der Waals surface area (Å²) in [6.07, 6.45) is -0.690. The summed E-state index contributed by atoms with van der Waals surface area (Å²) < 4.78 is 11.3. The lowest BCUT2D eigenvalue weighted by Gasteiger charge is -2.22. The predicted molar refractivity (Wildman–Crippen MR) is 126 cm³/mol. The van der Waals surface area contributed by atoms with Crippen LogP contribution in [-0.2, 0) is 9.53 Å². The number of halogens is 1. The van der Waals surface area contributed by atoms with Gasteiger partial charge in [-0.1, -0.05) is 60.1 Å². The molecule has 0 radical (unpaired) electrons. The number of hydrogen-bond acceptors (Lipinski definition) is 4. The Balaban J connectivity index is 1.41. The topological polar surface area (TPSA) is 76.1 Å². The van der Waals surface area contributed by atoms with Crippen LogP contribution in [0.25, 0.3) is 11.1 Å². The molecule has 0 atom stereocenters. The molecule has 0 fully saturated rings. The van der Waals surface area contributed by atoms with Crippen LogP contribution in [0.5, 0.6) is 5.75 Å². The zero-order valence-corrected chi connectivity index (χ0v) is 18.9. The monoisotopic (exact) mass is 465 g/mol. The number of carbonyl (C=O) groups excluding carboxylic acids is 1. The minimum atomic E-state index is -1.12. The smallest absolute Gasteiger partial charge is 0.410 e. The number of amides is 1. The van der Waals surface area contributed by atoms with Crippen LogP contribution in [0.1, 0.15) is 22.6 Å². The fourth-order valence-electron chi connectivity index (χ4n) is 4.14. The molecule has 0 aliphatic heterocycles. The van der Waals surface area contributed by atoms with E-state index in [2.05, 4.69) is 12.1 Å². The minimum Gasteiger partial charge on any atom is -0.492 e. The summed E-state index contributed by atoms with van der Waals surface area (Å²) >= 11 is 6.04. The molecule has 7 heteroatoms. The van der Waals surface area contributed by atoms with Crippen molar-refractivity contribution >= 4 is 23.7 Å². The molecule has 3 aromatic carbocycles. The average molecular weight is 466 g/mol. The van der Waals surface area contributed by atoms with Crippen molar-refractivity contribution < 1.29 is 24.2 Å². The number of aliphatic carboxylic acids is 1. The van der Waals surface area contributed by atoms with Gasteiger partial charge in [0.05, 0.1) is 6.54 Å². The molecule has 1 amide bonds. The zero-order valence-electron chi connectivity index (χ0n) is 18.2. The van der Waals surface area contributed by atoms with Crippen molar-refractivity contribution in [1.29, 1.82) is 0 Å². The molecule has 4 rings (SSSR count). The van der Waals surface area contributed by atoms with Gasteiger partial charge in [-0.25, -0.2) is 4.79 Å². The number of nitrogens with zero attached hydrogens (tertiary/aromatic N) is 1. The summed E-state index contributed by atoms with van der Waals surface area (Å²) in [7, 11) is 0. The number of carboxylic acid groups (broad SMARTS) is 1. The molecule has 0 bridgehead atoms. The van der Waals surface area contributed by atoms with Crippen molar-refractivity contribution in [2.75, 3.05) is 26.3 Å². The van der Waals surface area contributed by atoms with Crippen molar-refractivity contribution in [3.8, 4) is 16.9 Å². The van der Waals surface area contributed by atoms with E-state index in [4.69, 9.17) is 21.1 Å². The zero-order chi connectivity index (χ0) is 23.4. The van der Waals surface area contributed by atoms with Gasteiger partial charge in [0, 0.05) is 10.9 Å². The van der Waals surface area contributed by atoms with E-state index in [0.29, 0.717) is 10.8 Å². The number of benzene rings is 3. The Hall–Kier alpha value is -3.51. The van der Waals surface area contributed by atoms with Crippen LogP contribution in [-0.4, -0.2) is 48.4 Å². The molecule has 1 aliphatic carbocycles. The van der Waals surface area contributed by atoms with Gasteiger partial charge in [0.1, 0.15) is 25.5 Å². The Labute approximate surface area is 197 Å². The van der Waals surface area contributed by atoms with Crippen molar-refractivity contribution in [3.05, 3.63) is 88.4 Å². The molecule has 3 aromatic rings. The Bertz CT molecular complexity index is 1110. The third-order valence-corrected chi connectivity index (χ3v) is 5.78. The number of ether oxygens (including phenoxy) is 2. The van der Waals surface area contributed by atoms with Gasteiger partial charge in [-0.3, -0.25) is 9.69 Å². The number of fused-ring (bicyclic) bond motifs is 3. The van der Waals surface area contributed by atoms with Gasteiger partial charge in [-0.15, -0.1) is 0 Å². The van der Waals surface area contributed by atoms with Crippen LogP contribution in [0, 0.1) is 6.92 Å². The van der Waals surface area contributed by atoms with Crippen LogP contribution in [0.4, 0.5) is 4.79 Å². The maximum Gasteiger partial charge on any atom is 0.410 e. The number of carbonyl (C=O) groups is 2. The molecule has 0 unspecified atom stereocenters. The molecule has 170 valence electrons. The summed E-state index contributed by atoms with van der Waals surface area (Å²) in [5, 5.41) is 9.80. The Morgan fingerprint density at radius 3 is 2.24 bits per heavy atom. The first kappa shape index (κ1) is 22.7. The van der Waals surface area contributed by atoms with E-state index in [-0.39, 0.29) is 25.7 Å². The molecule has 1 aliphatic rings. The molecule has 33 heavy (non-hydrogen) atoms. The second-order valence-corrected chi connectivity index (χ2v) is 8.37. The molecule has 0 saturated heterocycles. The van der Waals surface area contributed by atoms with E-state index in [1.165, 1.54) is 0 Å². The minimum absolute atomic E-state index is 0.0640. The van der Waals surface area contributed by atoms with Crippen molar-refractivity contribution in [2.24, 2.45) is 0 Å². The highest BCUT2D eigenvalue weighted by Crippen LogP contribution is 2.44. The molecule has 1 N–H and O–H groups in total. The standard InChI is InChI=1S/C26H24ClNO5/c1-17-12-18(27)14-19(13-17)32-11-10-28(15-25(29)30)26(31)33-16-24-22-8-4-2-6-20(22)21-7-3-5-9-23(21)24/h2-9,12-14,24H,10-11,15-16H2,1H3,(H,29,30). The first-order valence-corrected chi connectivity index (χ1v) is 11.0. The number of rotatable bonds is 8. The van der Waals surface area contributed by atoms with Crippen LogP contribution < -0.4 is 4.74 Å². The fraction of sp³-hybridized carbons (Fsp3) is 0.231. The number of carboxylic acids is 1. The van der Waals surface area contributed by atoms with Crippen molar-refractivity contribution in [1.82, 2.24) is 4.90 Å². The van der Waals surface area contributed by atoms with Gasteiger partial charge in [-0.05, 0) is 52.9 Å². The van der Waals surface area contributed by atoms with E-state index >= 15 is 0 Å². The van der Waals surface area contributed by atoms with E-state index in [1.807, 2.05) is 55.5 Å². The molecule has 0 spiro atoms. The van der Waals surface area contributed by atoms with Gasteiger partial charge in [-0.2, -0.15) is 0 Å². The van der Waals surface area contributed by atoms with Crippen LogP contribution in [0.15, 0.2) is 66.7 Å². The average Bonchev–Trinajstić information content (AvgIpc) is 3.10. The summed E-state index contributed by atoms with van der Waals surface area (Å²) in [6, 6.07) is 21.4. The summed E-state index contributed by atoms with van der Waals surface area (Å²) in [6.45, 7) is 1.71. The third-order valence-electron chi connectivity index (χ3n) is 5.57. The first-order valence-electron chi connectivity index (χ1n) is 10.6. The van der Waals surface area contributed by atoms with Crippen molar-refractivity contribution in [3.63, 3.8) is 0 Å². The number of aryl methyl sites for hydroxylation is 1. The SMILES string of the molecule is Cc1cc(Cl)cc(OCCN(CC(=O)O)C(=O)OCC2c3ccccc3-c3ccccc32)c1. The lowest BCUT2D eigenvalue weighted by Crippen LogP contribution is -2.39. The van der Waals surface area contributed by atoms with Crippen LogP contribution in [0.2, 0.25) is 5.02 Å². The first-order chi connectivity index (χ1) is 15.9. The lowest BCUT2D eigenvalue weighted by atomic mass is 9.98. The maximum absolute atomic E-state index is 12.8. The molecule has 0 saturated carbocycles. The quantitative estimate of drug-likeness (QED) is 0.484. The largest absolute Gasteiger partial charge is 0.492 e. The van der Waals surface area contributed by atoms with Gasteiger partial charge >= 0.3 is 12.1 Å². The summed E-state index contributed by atoms with van der Waals surface area (Å²) in [5.74, 6) is -0.663. The highest BCUT2D eigenvalue weighted by atomic mass is 35.5. The summed E-state index contributed by atoms with van der Waals surface area (Å²) in [5.41, 5.74) is 5.38. The Morgan fingerprint density at radius 1 is 1.00 bits per heavy atom. The van der Waals surface area contributed by atoms with Crippen molar-refractivity contribution in [2.45, 2.75) is 12.8 Å². The van der Waals surface area contributed by atoms with E-state index < -0.39 is 18.6 Å². The maximum atomic E-state index is 12.8. The van der Waals surface area contributed by atoms with E-state index in [9.17, 15) is 14.7 Å². The predicted octanol–water partition coefficient (Wildman–Crippen LogP) is 5.36. The van der Waals surface area contributed by atoms with Crippen LogP contribution in [0.3, 0.4) is 0 Å². The molecular formula is C26H24ClNO5. The second-order valence-electron chi connectivity index (χ2n) is 7.93. The van der Waals surface area contributed by atoms with Gasteiger partial charge in [0.2, 0.25) is 0 Å². The normalized spacial score (nSPS) is 12.1. The number of hydrogen-bond donors (Lipinski definition) is 1. The fourth-order valence-corrected chi connectivity index (χ4v) is 4.42. The molecular weight excluding hydrogens is 442 g/mol. The van der Waals surface area contributed by atoms with E-state index in [1.54, 1.807) is 6.07 Å². The second kappa shape index (κ2) is 9.96. The molecule has 0 aromatic heterocycles. The molecule has 0 heterocycles. The third kappa shape index (κ3) is 5.29. The lowest BCUT2D eigenvalue weighted by molar-refractivity contribution is -0.138. The van der Waals surface area contributed by atoms with Gasteiger partial charge in [0.25, 0.3) is 0 Å². The Morgan fingerprint density at radius 2 is 1.64 bits per heavy atom. The van der Waals surface area contributed by atoms with Crippen LogP contribution >= 0.6 is 11.6 Å². The van der Waals surface area contributed by atoms with Gasteiger partial charge in [0.15, 0.2) is 0 Å². The van der Waals surface area contributed by atoms with Gasteiger partial charge < -0.3 is 14.6 Å². The molecule has 6 nitrogen and oxygen atoms in total. The highest BCUT2D eigenvalue weighted by molar-refractivity contribution is 6.30. The Kier molecular flexibility index (Phi) is 6.84. The highest BCUT2D eigenvalue weighted by Gasteiger charge is 2.30.